The Kier molecular flexibility index (Phi) is 3.44. The van der Waals surface area contributed by atoms with E-state index in [1.807, 2.05) is 0 Å². The molecule has 0 amide bonds. The Morgan fingerprint density at radius 3 is 2.63 bits per heavy atom. The molecule has 0 radical (unpaired) electrons. The number of nitro benzene ring substituents is 1. The van der Waals surface area contributed by atoms with Crippen molar-refractivity contribution in [2.24, 2.45) is 0 Å². The Morgan fingerprint density at radius 1 is 1.42 bits per heavy atom. The second-order valence-corrected chi connectivity index (χ2v) is 6.82. The molecule has 1 fully saturated rings. The van der Waals surface area contributed by atoms with E-state index in [0.717, 1.165) is 12.1 Å². The molecule has 1 aliphatic heterocycles. The topological polar surface area (TPSA) is 80.5 Å². The molecular formula is C11H13FN2O4S. The lowest BCUT2D eigenvalue weighted by Crippen LogP contribution is -2.32. The number of nitrogens with zero attached hydrogens (tertiary/aromatic N) is 2. The molecule has 0 N–H and O–H groups in total. The van der Waals surface area contributed by atoms with E-state index in [4.69, 9.17) is 0 Å². The van der Waals surface area contributed by atoms with Crippen LogP contribution in [-0.2, 0) is 9.84 Å². The van der Waals surface area contributed by atoms with Gasteiger partial charge in [-0.05, 0) is 12.5 Å². The Morgan fingerprint density at radius 2 is 2.11 bits per heavy atom. The van der Waals surface area contributed by atoms with Crippen molar-refractivity contribution in [1.82, 2.24) is 0 Å². The predicted molar refractivity (Wildman–Crippen MR) is 68.5 cm³/mol. The van der Waals surface area contributed by atoms with Crippen molar-refractivity contribution in [3.63, 3.8) is 0 Å². The number of non-ortho nitro benzene ring substituents is 1. The standard InChI is InChI=1S/C11H13FN2O4S/c1-13(9-2-3-19(17,18)7-9)10-4-8(12)5-11(6-10)14(15)16/h4-6,9H,2-3,7H2,1H3. The second-order valence-electron chi connectivity index (χ2n) is 4.59. The van der Waals surface area contributed by atoms with Crippen molar-refractivity contribution in [3.05, 3.63) is 34.1 Å². The number of sulfone groups is 1. The Balaban J connectivity index is 2.29. The molecule has 0 aliphatic carbocycles. The van der Waals surface area contributed by atoms with Crippen molar-refractivity contribution in [3.8, 4) is 0 Å². The molecule has 1 aliphatic rings. The monoisotopic (exact) mass is 288 g/mol. The molecule has 1 unspecified atom stereocenters. The van der Waals surface area contributed by atoms with E-state index in [1.54, 1.807) is 11.9 Å². The summed E-state index contributed by atoms with van der Waals surface area (Å²) in [6.07, 6.45) is 0.448. The quantitative estimate of drug-likeness (QED) is 0.619. The zero-order valence-corrected chi connectivity index (χ0v) is 11.1. The van der Waals surface area contributed by atoms with Crippen LogP contribution >= 0.6 is 0 Å². The number of nitro groups is 1. The van der Waals surface area contributed by atoms with Crippen molar-refractivity contribution >= 4 is 21.2 Å². The van der Waals surface area contributed by atoms with Gasteiger partial charge in [0.2, 0.25) is 0 Å². The van der Waals surface area contributed by atoms with E-state index < -0.39 is 20.6 Å². The smallest absolute Gasteiger partial charge is 0.274 e. The summed E-state index contributed by atoms with van der Waals surface area (Å²) in [5.74, 6) is -0.621. The molecule has 1 atom stereocenters. The third-order valence-electron chi connectivity index (χ3n) is 3.24. The molecule has 0 bridgehead atoms. The molecule has 6 nitrogen and oxygen atoms in total. The fraction of sp³-hybridized carbons (Fsp3) is 0.455. The normalized spacial score (nSPS) is 21.3. The van der Waals surface area contributed by atoms with E-state index in [0.29, 0.717) is 12.1 Å². The Hall–Kier alpha value is -1.70. The first-order valence-electron chi connectivity index (χ1n) is 5.67. The van der Waals surface area contributed by atoms with Gasteiger partial charge in [-0.25, -0.2) is 12.8 Å². The minimum Gasteiger partial charge on any atom is -0.370 e. The number of anilines is 1. The van der Waals surface area contributed by atoms with Gasteiger partial charge in [0.25, 0.3) is 5.69 Å². The lowest BCUT2D eigenvalue weighted by molar-refractivity contribution is -0.385. The molecule has 104 valence electrons. The largest absolute Gasteiger partial charge is 0.370 e. The summed E-state index contributed by atoms with van der Waals surface area (Å²) in [6.45, 7) is 0. The highest BCUT2D eigenvalue weighted by Gasteiger charge is 2.31. The van der Waals surface area contributed by atoms with Gasteiger partial charge >= 0.3 is 0 Å². The maximum absolute atomic E-state index is 13.3. The van der Waals surface area contributed by atoms with Gasteiger partial charge in [-0.3, -0.25) is 10.1 Å². The van der Waals surface area contributed by atoms with Crippen molar-refractivity contribution in [2.45, 2.75) is 12.5 Å². The third-order valence-corrected chi connectivity index (χ3v) is 4.99. The van der Waals surface area contributed by atoms with Gasteiger partial charge < -0.3 is 4.90 Å². The van der Waals surface area contributed by atoms with Gasteiger partial charge in [0.15, 0.2) is 9.84 Å². The van der Waals surface area contributed by atoms with Crippen molar-refractivity contribution < 1.29 is 17.7 Å². The highest BCUT2D eigenvalue weighted by Crippen LogP contribution is 2.27. The number of hydrogen-bond acceptors (Lipinski definition) is 5. The Bertz CT molecular complexity index is 617. The number of halogens is 1. The van der Waals surface area contributed by atoms with Crippen LogP contribution in [0.1, 0.15) is 6.42 Å². The minimum atomic E-state index is -3.05. The van der Waals surface area contributed by atoms with E-state index in [-0.39, 0.29) is 23.2 Å². The molecule has 1 saturated heterocycles. The van der Waals surface area contributed by atoms with E-state index in [9.17, 15) is 22.9 Å². The lowest BCUT2D eigenvalue weighted by Gasteiger charge is -2.25. The van der Waals surface area contributed by atoms with Crippen LogP contribution in [0.2, 0.25) is 0 Å². The fourth-order valence-electron chi connectivity index (χ4n) is 2.16. The summed E-state index contributed by atoms with van der Waals surface area (Å²) < 4.78 is 36.2. The van der Waals surface area contributed by atoms with Gasteiger partial charge in [0, 0.05) is 24.8 Å². The molecule has 0 saturated carbocycles. The van der Waals surface area contributed by atoms with Gasteiger partial charge in [-0.1, -0.05) is 0 Å². The summed E-state index contributed by atoms with van der Waals surface area (Å²) in [7, 11) is -1.44. The average molecular weight is 288 g/mol. The van der Waals surface area contributed by atoms with Crippen LogP contribution in [0.5, 0.6) is 0 Å². The highest BCUT2D eigenvalue weighted by atomic mass is 32.2. The molecule has 0 aromatic heterocycles. The number of hydrogen-bond donors (Lipinski definition) is 0. The zero-order chi connectivity index (χ0) is 14.2. The van der Waals surface area contributed by atoms with Crippen LogP contribution in [-0.4, -0.2) is 37.9 Å². The lowest BCUT2D eigenvalue weighted by atomic mass is 10.2. The van der Waals surface area contributed by atoms with E-state index in [2.05, 4.69) is 0 Å². The average Bonchev–Trinajstić information content (AvgIpc) is 2.68. The summed E-state index contributed by atoms with van der Waals surface area (Å²) >= 11 is 0. The molecule has 8 heteroatoms. The molecule has 1 heterocycles. The summed E-state index contributed by atoms with van der Waals surface area (Å²) in [4.78, 5) is 11.6. The first kappa shape index (κ1) is 13.7. The van der Waals surface area contributed by atoms with Crippen LogP contribution in [0.15, 0.2) is 18.2 Å². The van der Waals surface area contributed by atoms with Crippen LogP contribution in [0.4, 0.5) is 15.8 Å². The molecule has 19 heavy (non-hydrogen) atoms. The zero-order valence-electron chi connectivity index (χ0n) is 10.2. The van der Waals surface area contributed by atoms with Crippen LogP contribution in [0.3, 0.4) is 0 Å². The molecule has 1 aromatic rings. The molecule has 1 aromatic carbocycles. The van der Waals surface area contributed by atoms with Crippen LogP contribution in [0.25, 0.3) is 0 Å². The maximum atomic E-state index is 13.3. The van der Waals surface area contributed by atoms with Gasteiger partial charge in [-0.2, -0.15) is 0 Å². The predicted octanol–water partition coefficient (Wildman–Crippen LogP) is 1.36. The Labute approximate surface area is 109 Å². The van der Waals surface area contributed by atoms with Crippen LogP contribution < -0.4 is 4.90 Å². The number of benzene rings is 1. The summed E-state index contributed by atoms with van der Waals surface area (Å²) in [5.41, 5.74) is -0.0310. The van der Waals surface area contributed by atoms with Gasteiger partial charge in [0.1, 0.15) is 5.82 Å². The minimum absolute atomic E-state index is 0.00614. The summed E-state index contributed by atoms with van der Waals surface area (Å²) in [5, 5.41) is 10.7. The van der Waals surface area contributed by atoms with Gasteiger partial charge in [0.05, 0.1) is 22.5 Å². The molecule has 0 spiro atoms. The maximum Gasteiger partial charge on any atom is 0.274 e. The third kappa shape index (κ3) is 3.01. The van der Waals surface area contributed by atoms with Crippen LogP contribution in [0, 0.1) is 15.9 Å². The fourth-order valence-corrected chi connectivity index (χ4v) is 3.93. The SMILES string of the molecule is CN(c1cc(F)cc([N+](=O)[O-])c1)C1CCS(=O)(=O)C1. The summed E-state index contributed by atoms with van der Waals surface area (Å²) in [6, 6.07) is 2.97. The highest BCUT2D eigenvalue weighted by molar-refractivity contribution is 7.91. The number of rotatable bonds is 3. The van der Waals surface area contributed by atoms with Crippen molar-refractivity contribution in [2.75, 3.05) is 23.5 Å². The van der Waals surface area contributed by atoms with E-state index in [1.165, 1.54) is 6.07 Å². The molecule has 2 rings (SSSR count). The molecular weight excluding hydrogens is 275 g/mol. The first-order valence-corrected chi connectivity index (χ1v) is 7.49. The first-order chi connectivity index (χ1) is 8.78. The van der Waals surface area contributed by atoms with Crippen molar-refractivity contribution in [1.29, 1.82) is 0 Å². The second kappa shape index (κ2) is 4.76. The van der Waals surface area contributed by atoms with Gasteiger partial charge in [-0.15, -0.1) is 0 Å². The van der Waals surface area contributed by atoms with E-state index >= 15 is 0 Å².